The van der Waals surface area contributed by atoms with Gasteiger partial charge in [0, 0.05) is 43.4 Å². The van der Waals surface area contributed by atoms with E-state index < -0.39 is 0 Å². The number of nitrogens with one attached hydrogen (secondary N) is 2. The van der Waals surface area contributed by atoms with Crippen LogP contribution in [0.4, 0.5) is 16.3 Å². The van der Waals surface area contributed by atoms with Crippen LogP contribution in [0.5, 0.6) is 0 Å². The predicted octanol–water partition coefficient (Wildman–Crippen LogP) is 4.37. The Morgan fingerprint density at radius 1 is 1.16 bits per heavy atom. The molecule has 2 fully saturated rings. The van der Waals surface area contributed by atoms with Crippen molar-refractivity contribution in [1.29, 1.82) is 0 Å². The summed E-state index contributed by atoms with van der Waals surface area (Å²) in [5.41, 5.74) is 4.15. The van der Waals surface area contributed by atoms with Crippen LogP contribution in [0.1, 0.15) is 64.1 Å². The molecule has 2 N–H and O–H groups in total. The lowest BCUT2D eigenvalue weighted by atomic mass is 10.0. The zero-order valence-corrected chi connectivity index (χ0v) is 22.9. The topological polar surface area (TPSA) is 99.7 Å². The van der Waals surface area contributed by atoms with E-state index in [0.29, 0.717) is 44.1 Å². The number of carbonyl (C=O) groups is 2. The van der Waals surface area contributed by atoms with E-state index in [4.69, 9.17) is 14.7 Å². The minimum Gasteiger partial charge on any atom is -0.377 e. The molecular formula is C29H40N6O3. The van der Waals surface area contributed by atoms with Crippen LogP contribution >= 0.6 is 0 Å². The van der Waals surface area contributed by atoms with Crippen LogP contribution < -0.4 is 15.5 Å². The van der Waals surface area contributed by atoms with Crippen molar-refractivity contribution in [3.05, 3.63) is 35.5 Å². The highest BCUT2D eigenvalue weighted by Crippen LogP contribution is 2.48. The number of urea groups is 1. The third-order valence-electron chi connectivity index (χ3n) is 8.21. The number of rotatable bonds is 8. The average molecular weight is 521 g/mol. The Morgan fingerprint density at radius 3 is 2.66 bits per heavy atom. The Bertz CT molecular complexity index is 1160. The quantitative estimate of drug-likeness (QED) is 0.502. The largest absolute Gasteiger partial charge is 0.377 e. The van der Waals surface area contributed by atoms with Gasteiger partial charge >= 0.3 is 6.03 Å². The van der Waals surface area contributed by atoms with Gasteiger partial charge in [0.15, 0.2) is 5.82 Å². The summed E-state index contributed by atoms with van der Waals surface area (Å²) in [6.07, 6.45) is 6.50. The number of hydrogen-bond acceptors (Lipinski definition) is 6. The Hall–Kier alpha value is -3.20. The number of aromatic nitrogens is 2. The molecular weight excluding hydrogens is 480 g/mol. The fourth-order valence-corrected chi connectivity index (χ4v) is 5.38. The van der Waals surface area contributed by atoms with Crippen molar-refractivity contribution in [3.8, 4) is 11.4 Å². The lowest BCUT2D eigenvalue weighted by Gasteiger charge is -2.39. The number of hydrogen-bond donors (Lipinski definition) is 2. The smallest absolute Gasteiger partial charge is 0.319 e. The van der Waals surface area contributed by atoms with E-state index in [1.54, 1.807) is 6.92 Å². The van der Waals surface area contributed by atoms with Gasteiger partial charge in [0.1, 0.15) is 5.82 Å². The number of morpholine rings is 1. The van der Waals surface area contributed by atoms with Gasteiger partial charge < -0.3 is 25.2 Å². The van der Waals surface area contributed by atoms with Crippen molar-refractivity contribution in [3.63, 3.8) is 0 Å². The van der Waals surface area contributed by atoms with Crippen LogP contribution in [0, 0.1) is 5.41 Å². The van der Waals surface area contributed by atoms with Crippen LogP contribution in [0.2, 0.25) is 0 Å². The third-order valence-corrected chi connectivity index (χ3v) is 8.21. The molecule has 5 rings (SSSR count). The lowest BCUT2D eigenvalue weighted by molar-refractivity contribution is -0.129. The van der Waals surface area contributed by atoms with Crippen molar-refractivity contribution in [1.82, 2.24) is 20.2 Å². The summed E-state index contributed by atoms with van der Waals surface area (Å²) in [6.45, 7) is 10.1. The van der Waals surface area contributed by atoms with Gasteiger partial charge in [-0.1, -0.05) is 13.8 Å². The van der Waals surface area contributed by atoms with Gasteiger partial charge in [-0.25, -0.2) is 14.8 Å². The lowest BCUT2D eigenvalue weighted by Crippen LogP contribution is -2.47. The summed E-state index contributed by atoms with van der Waals surface area (Å²) in [7, 11) is 0. The summed E-state index contributed by atoms with van der Waals surface area (Å²) in [4.78, 5) is 38.7. The molecule has 2 aliphatic heterocycles. The highest BCUT2D eigenvalue weighted by atomic mass is 16.5. The van der Waals surface area contributed by atoms with E-state index in [9.17, 15) is 9.59 Å². The van der Waals surface area contributed by atoms with Gasteiger partial charge in [-0.15, -0.1) is 0 Å². The number of carbonyl (C=O) groups excluding carboxylic acids is 2. The molecule has 38 heavy (non-hydrogen) atoms. The monoisotopic (exact) mass is 520 g/mol. The van der Waals surface area contributed by atoms with Crippen LogP contribution in [0.3, 0.4) is 0 Å². The van der Waals surface area contributed by atoms with E-state index in [0.717, 1.165) is 54.1 Å². The molecule has 3 heterocycles. The SMILES string of the molecule is CCC1COCCN1c1nc(-c2ccc(NC(=O)NCCCC3(C)CC3)cc2)nc2c1CCN(C(C)=O)C2. The Balaban J connectivity index is 1.32. The van der Waals surface area contributed by atoms with Crippen molar-refractivity contribution >= 4 is 23.4 Å². The maximum atomic E-state index is 12.3. The van der Waals surface area contributed by atoms with E-state index in [1.807, 2.05) is 29.2 Å². The van der Waals surface area contributed by atoms with Crippen molar-refractivity contribution in [2.45, 2.75) is 71.9 Å². The molecule has 1 aromatic carbocycles. The fraction of sp³-hybridized carbons (Fsp3) is 0.586. The first-order valence-electron chi connectivity index (χ1n) is 14.0. The first kappa shape index (κ1) is 26.4. The minimum absolute atomic E-state index is 0.0608. The number of ether oxygens (including phenoxy) is 1. The van der Waals surface area contributed by atoms with Gasteiger partial charge in [-0.3, -0.25) is 4.79 Å². The summed E-state index contributed by atoms with van der Waals surface area (Å²) in [6, 6.07) is 7.73. The molecule has 204 valence electrons. The summed E-state index contributed by atoms with van der Waals surface area (Å²) >= 11 is 0. The van der Waals surface area contributed by atoms with Crippen LogP contribution in [-0.4, -0.2) is 65.7 Å². The molecule has 3 amide bonds. The molecule has 1 aliphatic carbocycles. The number of amides is 3. The van der Waals surface area contributed by atoms with Gasteiger partial charge in [0.05, 0.1) is 31.5 Å². The first-order chi connectivity index (χ1) is 18.3. The molecule has 3 aliphatic rings. The number of fused-ring (bicyclic) bond motifs is 1. The number of nitrogens with zero attached hydrogens (tertiary/aromatic N) is 4. The second kappa shape index (κ2) is 11.3. The molecule has 1 atom stereocenters. The summed E-state index contributed by atoms with van der Waals surface area (Å²) in [5, 5.41) is 5.88. The first-order valence-corrected chi connectivity index (χ1v) is 14.0. The average Bonchev–Trinajstić information content (AvgIpc) is 3.67. The molecule has 9 nitrogen and oxygen atoms in total. The number of anilines is 2. The molecule has 1 saturated heterocycles. The second-order valence-corrected chi connectivity index (χ2v) is 11.2. The second-order valence-electron chi connectivity index (χ2n) is 11.2. The molecule has 2 aromatic rings. The van der Waals surface area contributed by atoms with Gasteiger partial charge in [0.25, 0.3) is 0 Å². The van der Waals surface area contributed by atoms with E-state index in [1.165, 1.54) is 19.3 Å². The highest BCUT2D eigenvalue weighted by Gasteiger charge is 2.36. The molecule has 9 heteroatoms. The van der Waals surface area contributed by atoms with Crippen LogP contribution in [0.15, 0.2) is 24.3 Å². The Morgan fingerprint density at radius 2 is 1.95 bits per heavy atom. The minimum atomic E-state index is -0.187. The van der Waals surface area contributed by atoms with Gasteiger partial charge in [-0.2, -0.15) is 0 Å². The van der Waals surface area contributed by atoms with Crippen molar-refractivity contribution < 1.29 is 14.3 Å². The normalized spacial score (nSPS) is 20.0. The van der Waals surface area contributed by atoms with Gasteiger partial charge in [-0.05, 0) is 68.2 Å². The summed E-state index contributed by atoms with van der Waals surface area (Å²) in [5.74, 6) is 1.66. The molecule has 1 saturated carbocycles. The van der Waals surface area contributed by atoms with Crippen LogP contribution in [0.25, 0.3) is 11.4 Å². The van der Waals surface area contributed by atoms with E-state index in [2.05, 4.69) is 29.4 Å². The third kappa shape index (κ3) is 6.09. The number of benzene rings is 1. The maximum absolute atomic E-state index is 12.3. The van der Waals surface area contributed by atoms with E-state index in [-0.39, 0.29) is 18.0 Å². The van der Waals surface area contributed by atoms with Crippen molar-refractivity contribution in [2.75, 3.05) is 43.1 Å². The molecule has 1 unspecified atom stereocenters. The molecule has 1 aromatic heterocycles. The zero-order valence-electron chi connectivity index (χ0n) is 22.9. The van der Waals surface area contributed by atoms with Crippen LogP contribution in [-0.2, 0) is 22.5 Å². The Labute approximate surface area is 225 Å². The van der Waals surface area contributed by atoms with E-state index >= 15 is 0 Å². The standard InChI is InChI=1S/C29H40N6O3/c1-4-23-19-38-17-16-35(23)27-24-10-15-34(20(2)36)18-25(24)32-26(33-27)21-6-8-22(9-7-21)31-28(37)30-14-5-11-29(3)12-13-29/h6-9,23H,4-5,10-19H2,1-3H3,(H2,30,31,37). The van der Waals surface area contributed by atoms with Crippen molar-refractivity contribution in [2.24, 2.45) is 5.41 Å². The molecule has 0 bridgehead atoms. The fourth-order valence-electron chi connectivity index (χ4n) is 5.38. The Kier molecular flexibility index (Phi) is 7.83. The highest BCUT2D eigenvalue weighted by molar-refractivity contribution is 5.89. The molecule has 0 spiro atoms. The molecule has 0 radical (unpaired) electrons. The summed E-state index contributed by atoms with van der Waals surface area (Å²) < 4.78 is 5.75. The zero-order chi connectivity index (χ0) is 26.7. The maximum Gasteiger partial charge on any atom is 0.319 e. The predicted molar refractivity (Wildman–Crippen MR) is 148 cm³/mol. The van der Waals surface area contributed by atoms with Gasteiger partial charge in [0.2, 0.25) is 5.91 Å².